The van der Waals surface area contributed by atoms with Crippen molar-refractivity contribution >= 4 is 75.7 Å². The molecule has 0 saturated heterocycles. The van der Waals surface area contributed by atoms with Gasteiger partial charge in [-0.2, -0.15) is 0 Å². The molecule has 1 heteroatoms. The maximum atomic E-state index is 2.44. The van der Waals surface area contributed by atoms with Crippen LogP contribution < -0.4 is 0 Å². The van der Waals surface area contributed by atoms with Crippen LogP contribution in [0.4, 0.5) is 0 Å². The number of hydrogen-bond acceptors (Lipinski definition) is 0. The predicted octanol–water partition coefficient (Wildman–Crippen LogP) is 12.2. The fourth-order valence-corrected chi connectivity index (χ4v) is 7.81. The van der Waals surface area contributed by atoms with E-state index in [9.17, 15) is 0 Å². The molecule has 0 N–H and O–H groups in total. The molecule has 0 aliphatic heterocycles. The maximum absolute atomic E-state index is 2.44. The second-order valence-electron chi connectivity index (χ2n) is 12.1. The minimum absolute atomic E-state index is 1.20. The van der Waals surface area contributed by atoms with Crippen LogP contribution in [0.15, 0.2) is 164 Å². The van der Waals surface area contributed by atoms with Crippen molar-refractivity contribution < 1.29 is 0 Å². The SMILES string of the molecule is c1cc(-c2ccc(-n3c4ccccc4c4ccccc43)c3ccccc23)c2cc3c4ccccc4c4ccccc4c3cc2c1. The van der Waals surface area contributed by atoms with Crippen molar-refractivity contribution in [1.82, 2.24) is 4.57 Å². The average Bonchev–Trinajstić information content (AvgIpc) is 3.45. The fourth-order valence-electron chi connectivity index (χ4n) is 7.81. The van der Waals surface area contributed by atoms with Gasteiger partial charge in [-0.05, 0) is 89.9 Å². The van der Waals surface area contributed by atoms with E-state index in [1.54, 1.807) is 0 Å². The third-order valence-electron chi connectivity index (χ3n) is 9.76. The summed E-state index contributed by atoms with van der Waals surface area (Å²) in [6.45, 7) is 0. The van der Waals surface area contributed by atoms with Crippen LogP contribution in [0, 0.1) is 0 Å². The number of rotatable bonds is 2. The predicted molar refractivity (Wildman–Crippen MR) is 194 cm³/mol. The van der Waals surface area contributed by atoms with Gasteiger partial charge in [0, 0.05) is 16.2 Å². The van der Waals surface area contributed by atoms with E-state index in [0.717, 1.165) is 0 Å². The zero-order valence-corrected chi connectivity index (χ0v) is 24.5. The Labute approximate surface area is 260 Å². The lowest BCUT2D eigenvalue weighted by Gasteiger charge is -2.17. The number of aromatic nitrogens is 1. The zero-order chi connectivity index (χ0) is 29.5. The van der Waals surface area contributed by atoms with Crippen molar-refractivity contribution in [2.24, 2.45) is 0 Å². The van der Waals surface area contributed by atoms with E-state index < -0.39 is 0 Å². The van der Waals surface area contributed by atoms with Crippen molar-refractivity contribution in [1.29, 1.82) is 0 Å². The monoisotopic (exact) mass is 569 g/mol. The molecule has 0 fully saturated rings. The minimum atomic E-state index is 1.20. The highest BCUT2D eigenvalue weighted by Crippen LogP contribution is 2.42. The first-order valence-electron chi connectivity index (χ1n) is 15.6. The second kappa shape index (κ2) is 9.29. The van der Waals surface area contributed by atoms with E-state index in [1.165, 1.54) is 92.5 Å². The van der Waals surface area contributed by atoms with E-state index in [2.05, 4.69) is 168 Å². The lowest BCUT2D eigenvalue weighted by molar-refractivity contribution is 1.20. The smallest absolute Gasteiger partial charge is 0.0541 e. The molecule has 0 unspecified atom stereocenters. The summed E-state index contributed by atoms with van der Waals surface area (Å²) < 4.78 is 2.44. The summed E-state index contributed by atoms with van der Waals surface area (Å²) in [5.41, 5.74) is 6.18. The first-order chi connectivity index (χ1) is 22.3. The Morgan fingerprint density at radius 3 is 1.36 bits per heavy atom. The second-order valence-corrected chi connectivity index (χ2v) is 12.1. The van der Waals surface area contributed by atoms with Crippen molar-refractivity contribution in [3.63, 3.8) is 0 Å². The van der Waals surface area contributed by atoms with Crippen molar-refractivity contribution in [2.45, 2.75) is 0 Å². The summed E-state index contributed by atoms with van der Waals surface area (Å²) in [7, 11) is 0. The Bertz CT molecular complexity index is 2760. The highest BCUT2D eigenvalue weighted by Gasteiger charge is 2.17. The maximum Gasteiger partial charge on any atom is 0.0541 e. The van der Waals surface area contributed by atoms with Crippen molar-refractivity contribution in [2.75, 3.05) is 0 Å². The largest absolute Gasteiger partial charge is 0.309 e. The summed E-state index contributed by atoms with van der Waals surface area (Å²) in [6, 6.07) is 60.3. The Balaban J connectivity index is 1.28. The fraction of sp³-hybridized carbons (Fsp3) is 0. The molecule has 208 valence electrons. The van der Waals surface area contributed by atoms with E-state index in [0.29, 0.717) is 0 Å². The van der Waals surface area contributed by atoms with Crippen LogP contribution in [-0.2, 0) is 0 Å². The molecule has 0 spiro atoms. The molecule has 0 radical (unpaired) electrons. The van der Waals surface area contributed by atoms with Gasteiger partial charge in [0.15, 0.2) is 0 Å². The number of fused-ring (bicyclic) bond motifs is 11. The van der Waals surface area contributed by atoms with Crippen LogP contribution in [0.3, 0.4) is 0 Å². The van der Waals surface area contributed by atoms with Gasteiger partial charge in [0.1, 0.15) is 0 Å². The summed E-state index contributed by atoms with van der Waals surface area (Å²) in [4.78, 5) is 0. The van der Waals surface area contributed by atoms with Crippen LogP contribution in [-0.4, -0.2) is 4.57 Å². The van der Waals surface area contributed by atoms with E-state index in [1.807, 2.05) is 0 Å². The van der Waals surface area contributed by atoms with Gasteiger partial charge in [0.2, 0.25) is 0 Å². The molecule has 10 aromatic rings. The minimum Gasteiger partial charge on any atom is -0.309 e. The summed E-state index contributed by atoms with van der Waals surface area (Å²) >= 11 is 0. The summed E-state index contributed by atoms with van der Waals surface area (Å²) in [5, 5.41) is 15.4. The van der Waals surface area contributed by atoms with E-state index >= 15 is 0 Å². The van der Waals surface area contributed by atoms with Crippen LogP contribution in [0.5, 0.6) is 0 Å². The molecule has 1 nitrogen and oxygen atoms in total. The third kappa shape index (κ3) is 3.44. The molecule has 1 heterocycles. The van der Waals surface area contributed by atoms with Gasteiger partial charge in [-0.15, -0.1) is 0 Å². The van der Waals surface area contributed by atoms with Gasteiger partial charge in [0.25, 0.3) is 0 Å². The number of para-hydroxylation sites is 2. The molecule has 0 saturated carbocycles. The van der Waals surface area contributed by atoms with Gasteiger partial charge in [-0.3, -0.25) is 0 Å². The van der Waals surface area contributed by atoms with Gasteiger partial charge in [-0.1, -0.05) is 133 Å². The molecule has 10 rings (SSSR count). The Morgan fingerprint density at radius 2 is 0.733 bits per heavy atom. The normalized spacial score (nSPS) is 12.0. The summed E-state index contributed by atoms with van der Waals surface area (Å²) in [5.74, 6) is 0. The molecule has 45 heavy (non-hydrogen) atoms. The molecule has 0 atom stereocenters. The lowest BCUT2D eigenvalue weighted by Crippen LogP contribution is -1.96. The van der Waals surface area contributed by atoms with Crippen LogP contribution in [0.25, 0.3) is 92.5 Å². The van der Waals surface area contributed by atoms with E-state index in [-0.39, 0.29) is 0 Å². The standard InChI is InChI=1S/C44H27N/c1-3-16-33-29(13-1)30-14-2-4-17-34(30)41-27-39-28(26-40(33)41)12-11-21-32(39)35-24-25-44(36-18-6-5-15-31(35)36)45-42-22-9-7-19-37(42)38-20-8-10-23-43(38)45/h1-27H. The molecule has 9 aromatic carbocycles. The van der Waals surface area contributed by atoms with Crippen molar-refractivity contribution in [3.8, 4) is 16.8 Å². The molecular weight excluding hydrogens is 542 g/mol. The van der Waals surface area contributed by atoms with Gasteiger partial charge in [0.05, 0.1) is 16.7 Å². The topological polar surface area (TPSA) is 4.93 Å². The number of nitrogens with zero attached hydrogens (tertiary/aromatic N) is 1. The zero-order valence-electron chi connectivity index (χ0n) is 24.5. The van der Waals surface area contributed by atoms with Gasteiger partial charge < -0.3 is 4.57 Å². The summed E-state index contributed by atoms with van der Waals surface area (Å²) in [6.07, 6.45) is 0. The van der Waals surface area contributed by atoms with Gasteiger partial charge >= 0.3 is 0 Å². The number of benzene rings is 9. The average molecular weight is 570 g/mol. The molecule has 1 aromatic heterocycles. The van der Waals surface area contributed by atoms with Crippen LogP contribution in [0.2, 0.25) is 0 Å². The number of hydrogen-bond donors (Lipinski definition) is 0. The van der Waals surface area contributed by atoms with Crippen molar-refractivity contribution in [3.05, 3.63) is 164 Å². The highest BCUT2D eigenvalue weighted by molar-refractivity contribution is 6.28. The van der Waals surface area contributed by atoms with Crippen LogP contribution in [0.1, 0.15) is 0 Å². The first kappa shape index (κ1) is 24.5. The quantitative estimate of drug-likeness (QED) is 0.144. The molecule has 0 amide bonds. The van der Waals surface area contributed by atoms with Gasteiger partial charge in [-0.25, -0.2) is 0 Å². The molecule has 0 aliphatic rings. The Morgan fingerprint density at radius 1 is 0.267 bits per heavy atom. The Kier molecular flexibility index (Phi) is 5.06. The lowest BCUT2D eigenvalue weighted by atomic mass is 9.89. The van der Waals surface area contributed by atoms with E-state index in [4.69, 9.17) is 0 Å². The Hall–Kier alpha value is -5.92. The molecular formula is C44H27N. The third-order valence-corrected chi connectivity index (χ3v) is 9.76. The highest BCUT2D eigenvalue weighted by atomic mass is 15.0. The molecule has 0 aliphatic carbocycles. The molecule has 0 bridgehead atoms. The van der Waals surface area contributed by atoms with Crippen LogP contribution >= 0.6 is 0 Å². The first-order valence-corrected chi connectivity index (χ1v) is 15.6.